The first-order valence-electron chi connectivity index (χ1n) is 8.42. The molecule has 0 radical (unpaired) electrons. The number of halogens is 1. The molecule has 2 rings (SSSR count). The lowest BCUT2D eigenvalue weighted by molar-refractivity contribution is -0.122. The van der Waals surface area contributed by atoms with Gasteiger partial charge in [0, 0.05) is 6.54 Å². The third-order valence-corrected chi connectivity index (χ3v) is 4.37. The number of hydrogen-bond acceptors (Lipinski definition) is 3. The summed E-state index contributed by atoms with van der Waals surface area (Å²) >= 11 is 0. The van der Waals surface area contributed by atoms with Crippen LogP contribution in [0.1, 0.15) is 30.9 Å². The minimum absolute atomic E-state index is 0. The van der Waals surface area contributed by atoms with E-state index < -0.39 is 0 Å². The molecular weight excluding hydrogens is 310 g/mol. The maximum absolute atomic E-state index is 12.0. The van der Waals surface area contributed by atoms with Gasteiger partial charge in [0.1, 0.15) is 0 Å². The van der Waals surface area contributed by atoms with E-state index in [-0.39, 0.29) is 18.3 Å². The number of aryl methyl sites for hydroxylation is 1. The average molecular weight is 340 g/mol. The first-order valence-corrected chi connectivity index (χ1v) is 8.42. The van der Waals surface area contributed by atoms with Crippen molar-refractivity contribution in [1.29, 1.82) is 0 Å². The Morgan fingerprint density at radius 2 is 1.87 bits per heavy atom. The second-order valence-electron chi connectivity index (χ2n) is 6.29. The number of nitrogens with one attached hydrogen (secondary N) is 2. The van der Waals surface area contributed by atoms with Gasteiger partial charge in [-0.3, -0.25) is 9.69 Å². The predicted molar refractivity (Wildman–Crippen MR) is 98.0 cm³/mol. The fraction of sp³-hybridized carbons (Fsp3) is 0.611. The van der Waals surface area contributed by atoms with Crippen molar-refractivity contribution in [3.8, 4) is 0 Å². The topological polar surface area (TPSA) is 44.4 Å². The lowest BCUT2D eigenvalue weighted by Crippen LogP contribution is -2.42. The lowest BCUT2D eigenvalue weighted by atomic mass is 9.97. The zero-order valence-corrected chi connectivity index (χ0v) is 15.1. The molecule has 1 aromatic carbocycles. The van der Waals surface area contributed by atoms with Gasteiger partial charge in [-0.05, 0) is 57.4 Å². The normalized spacial score (nSPS) is 15.9. The highest BCUT2D eigenvalue weighted by atomic mass is 35.5. The monoisotopic (exact) mass is 339 g/mol. The van der Waals surface area contributed by atoms with Crippen LogP contribution in [0.2, 0.25) is 0 Å². The van der Waals surface area contributed by atoms with Gasteiger partial charge in [-0.2, -0.15) is 0 Å². The molecule has 23 heavy (non-hydrogen) atoms. The van der Waals surface area contributed by atoms with Gasteiger partial charge in [0.25, 0.3) is 0 Å². The summed E-state index contributed by atoms with van der Waals surface area (Å²) in [5.41, 5.74) is 2.40. The molecule has 0 spiro atoms. The number of carbonyl (C=O) groups is 1. The van der Waals surface area contributed by atoms with E-state index in [0.717, 1.165) is 37.7 Å². The van der Waals surface area contributed by atoms with Crippen LogP contribution in [0.5, 0.6) is 0 Å². The van der Waals surface area contributed by atoms with E-state index in [1.54, 1.807) is 0 Å². The molecular formula is C18H30ClN3O. The lowest BCUT2D eigenvalue weighted by Gasteiger charge is -2.31. The maximum atomic E-state index is 12.0. The first-order chi connectivity index (χ1) is 10.7. The quantitative estimate of drug-likeness (QED) is 0.801. The summed E-state index contributed by atoms with van der Waals surface area (Å²) in [6.07, 6.45) is 2.39. The van der Waals surface area contributed by atoms with Crippen LogP contribution in [0, 0.1) is 12.8 Å². The minimum Gasteiger partial charge on any atom is -0.351 e. The molecule has 1 aliphatic rings. The van der Waals surface area contributed by atoms with Crippen LogP contribution in [0.3, 0.4) is 0 Å². The molecule has 0 aromatic heterocycles. The van der Waals surface area contributed by atoms with Crippen LogP contribution in [0.15, 0.2) is 24.3 Å². The number of likely N-dealkylation sites (tertiary alicyclic amines) is 1. The van der Waals surface area contributed by atoms with E-state index in [9.17, 15) is 4.79 Å². The van der Waals surface area contributed by atoms with Crippen molar-refractivity contribution in [2.24, 2.45) is 5.92 Å². The number of piperidine rings is 1. The first kappa shape index (κ1) is 19.9. The Hall–Kier alpha value is -1.10. The number of nitrogens with zero attached hydrogens (tertiary/aromatic N) is 1. The van der Waals surface area contributed by atoms with Gasteiger partial charge >= 0.3 is 0 Å². The third kappa shape index (κ3) is 7.34. The molecule has 1 fully saturated rings. The van der Waals surface area contributed by atoms with Gasteiger partial charge in [0.2, 0.25) is 5.91 Å². The predicted octanol–water partition coefficient (Wildman–Crippen LogP) is 2.35. The Morgan fingerprint density at radius 1 is 1.22 bits per heavy atom. The zero-order chi connectivity index (χ0) is 15.8. The Labute approximate surface area is 146 Å². The van der Waals surface area contributed by atoms with Gasteiger partial charge in [-0.15, -0.1) is 12.4 Å². The molecule has 1 aromatic rings. The minimum atomic E-state index is 0. The summed E-state index contributed by atoms with van der Waals surface area (Å²) in [5, 5.41) is 6.44. The second kappa shape index (κ2) is 10.6. The number of carbonyl (C=O) groups excluding carboxylic acids is 1. The van der Waals surface area contributed by atoms with Gasteiger partial charge in [0.05, 0.1) is 6.54 Å². The van der Waals surface area contributed by atoms with Crippen LogP contribution in [-0.4, -0.2) is 43.5 Å². The highest BCUT2D eigenvalue weighted by molar-refractivity contribution is 5.85. The van der Waals surface area contributed by atoms with E-state index in [1.807, 2.05) is 0 Å². The number of amides is 1. The van der Waals surface area contributed by atoms with Crippen molar-refractivity contribution in [3.63, 3.8) is 0 Å². The molecule has 1 aliphatic heterocycles. The van der Waals surface area contributed by atoms with E-state index >= 15 is 0 Å². The van der Waals surface area contributed by atoms with Crippen LogP contribution in [0.4, 0.5) is 0 Å². The van der Waals surface area contributed by atoms with Crippen molar-refractivity contribution in [3.05, 3.63) is 35.4 Å². The fourth-order valence-corrected chi connectivity index (χ4v) is 2.86. The van der Waals surface area contributed by atoms with Crippen LogP contribution < -0.4 is 10.6 Å². The summed E-state index contributed by atoms with van der Waals surface area (Å²) in [6.45, 7) is 9.60. The molecule has 0 atom stereocenters. The molecule has 0 aliphatic carbocycles. The van der Waals surface area contributed by atoms with Crippen molar-refractivity contribution >= 4 is 18.3 Å². The van der Waals surface area contributed by atoms with Gasteiger partial charge < -0.3 is 10.6 Å². The molecule has 130 valence electrons. The Balaban J connectivity index is 0.00000264. The number of rotatable bonds is 7. The van der Waals surface area contributed by atoms with Crippen molar-refractivity contribution in [2.45, 2.75) is 33.2 Å². The molecule has 0 unspecified atom stereocenters. The molecule has 0 bridgehead atoms. The smallest absolute Gasteiger partial charge is 0.234 e. The van der Waals surface area contributed by atoms with E-state index in [1.165, 1.54) is 18.4 Å². The molecule has 2 N–H and O–H groups in total. The standard InChI is InChI=1S/C18H29N3O.ClH/c1-3-19-12-17-8-10-21(11-9-17)14-18(22)20-13-16-6-4-15(2)5-7-16;/h4-7,17,19H,3,8-14H2,1-2H3,(H,20,22);1H. The molecule has 1 heterocycles. The van der Waals surface area contributed by atoms with Gasteiger partial charge in [0.15, 0.2) is 0 Å². The second-order valence-corrected chi connectivity index (χ2v) is 6.29. The highest BCUT2D eigenvalue weighted by Crippen LogP contribution is 2.15. The van der Waals surface area contributed by atoms with E-state index in [0.29, 0.717) is 13.1 Å². The summed E-state index contributed by atoms with van der Waals surface area (Å²) < 4.78 is 0. The Morgan fingerprint density at radius 3 is 2.48 bits per heavy atom. The Bertz CT molecular complexity index is 456. The third-order valence-electron chi connectivity index (χ3n) is 4.37. The number of hydrogen-bond donors (Lipinski definition) is 2. The van der Waals surface area contributed by atoms with Crippen LogP contribution in [0.25, 0.3) is 0 Å². The SMILES string of the molecule is CCNCC1CCN(CC(=O)NCc2ccc(C)cc2)CC1.Cl. The van der Waals surface area contributed by atoms with Gasteiger partial charge in [-0.25, -0.2) is 0 Å². The summed E-state index contributed by atoms with van der Waals surface area (Å²) in [4.78, 5) is 14.3. The van der Waals surface area contributed by atoms with E-state index in [4.69, 9.17) is 0 Å². The van der Waals surface area contributed by atoms with Crippen molar-refractivity contribution in [2.75, 3.05) is 32.7 Å². The molecule has 1 saturated heterocycles. The summed E-state index contributed by atoms with van der Waals surface area (Å²) in [5.74, 6) is 0.900. The maximum Gasteiger partial charge on any atom is 0.234 e. The molecule has 5 heteroatoms. The molecule has 1 amide bonds. The molecule has 0 saturated carbocycles. The Kier molecular flexibility index (Phi) is 9.22. The van der Waals surface area contributed by atoms with E-state index in [2.05, 4.69) is 53.6 Å². The molecule has 4 nitrogen and oxygen atoms in total. The van der Waals surface area contributed by atoms with Crippen molar-refractivity contribution < 1.29 is 4.79 Å². The largest absolute Gasteiger partial charge is 0.351 e. The average Bonchev–Trinajstić information content (AvgIpc) is 2.54. The summed E-state index contributed by atoms with van der Waals surface area (Å²) in [7, 11) is 0. The fourth-order valence-electron chi connectivity index (χ4n) is 2.86. The van der Waals surface area contributed by atoms with Crippen molar-refractivity contribution in [1.82, 2.24) is 15.5 Å². The van der Waals surface area contributed by atoms with Gasteiger partial charge in [-0.1, -0.05) is 36.8 Å². The highest BCUT2D eigenvalue weighted by Gasteiger charge is 2.20. The number of benzene rings is 1. The van der Waals surface area contributed by atoms with Crippen LogP contribution >= 0.6 is 12.4 Å². The van der Waals surface area contributed by atoms with Crippen LogP contribution in [-0.2, 0) is 11.3 Å². The zero-order valence-electron chi connectivity index (χ0n) is 14.3. The summed E-state index contributed by atoms with van der Waals surface area (Å²) in [6, 6.07) is 8.30.